The Morgan fingerprint density at radius 1 is 0.971 bits per heavy atom. The van der Waals surface area contributed by atoms with Crippen molar-refractivity contribution in [3.8, 4) is 5.75 Å². The number of carbonyl (C=O) groups excluding carboxylic acids is 1. The number of hydrazone groups is 1. The molecular weight excluding hydrogens is 428 g/mol. The van der Waals surface area contributed by atoms with Crippen LogP contribution in [-0.2, 0) is 17.6 Å². The summed E-state index contributed by atoms with van der Waals surface area (Å²) in [7, 11) is 0. The van der Waals surface area contributed by atoms with Gasteiger partial charge in [0.05, 0.1) is 23.9 Å². The monoisotopic (exact) mass is 454 g/mol. The number of aromatic amines is 1. The van der Waals surface area contributed by atoms with E-state index in [-0.39, 0.29) is 24.3 Å². The van der Waals surface area contributed by atoms with E-state index in [1.54, 1.807) is 12.3 Å². The van der Waals surface area contributed by atoms with Crippen molar-refractivity contribution in [2.75, 3.05) is 6.61 Å². The Labute approximate surface area is 197 Å². The van der Waals surface area contributed by atoms with E-state index in [9.17, 15) is 9.59 Å². The van der Waals surface area contributed by atoms with Crippen molar-refractivity contribution in [1.82, 2.24) is 15.4 Å². The number of aromatic nitrogens is 2. The Bertz CT molecular complexity index is 1320. The second-order valence-electron chi connectivity index (χ2n) is 7.83. The van der Waals surface area contributed by atoms with E-state index < -0.39 is 0 Å². The number of ether oxygens (including phenoxy) is 1. The number of rotatable bonds is 10. The third-order valence-electron chi connectivity index (χ3n) is 5.26. The van der Waals surface area contributed by atoms with E-state index in [1.165, 1.54) is 5.56 Å². The van der Waals surface area contributed by atoms with Crippen molar-refractivity contribution >= 4 is 23.2 Å². The first-order valence-corrected chi connectivity index (χ1v) is 11.2. The molecule has 1 aromatic heterocycles. The maximum absolute atomic E-state index is 12.1. The van der Waals surface area contributed by atoms with Crippen molar-refractivity contribution in [2.45, 2.75) is 25.7 Å². The van der Waals surface area contributed by atoms with Crippen molar-refractivity contribution in [3.63, 3.8) is 0 Å². The normalized spacial score (nSPS) is 11.1. The van der Waals surface area contributed by atoms with E-state index in [1.807, 2.05) is 60.7 Å². The van der Waals surface area contributed by atoms with Crippen LogP contribution < -0.4 is 15.7 Å². The van der Waals surface area contributed by atoms with Crippen LogP contribution in [0.4, 0.5) is 0 Å². The molecule has 4 rings (SSSR count). The fourth-order valence-electron chi connectivity index (χ4n) is 3.46. The summed E-state index contributed by atoms with van der Waals surface area (Å²) in [5, 5.41) is 3.99. The number of amides is 1. The number of hydrogen-bond acceptors (Lipinski definition) is 5. The smallest absolute Gasteiger partial charge is 0.270 e. The zero-order chi connectivity index (χ0) is 23.6. The summed E-state index contributed by atoms with van der Waals surface area (Å²) in [5.74, 6) is 0.506. The Morgan fingerprint density at radius 2 is 1.74 bits per heavy atom. The molecule has 3 aromatic carbocycles. The molecule has 0 radical (unpaired) electrons. The molecule has 0 aliphatic rings. The van der Waals surface area contributed by atoms with Gasteiger partial charge in [-0.2, -0.15) is 5.10 Å². The summed E-state index contributed by atoms with van der Waals surface area (Å²) in [6.07, 6.45) is 3.84. The van der Waals surface area contributed by atoms with E-state index in [2.05, 4.69) is 32.6 Å². The quantitative estimate of drug-likeness (QED) is 0.215. The highest BCUT2D eigenvalue weighted by molar-refractivity contribution is 5.82. The average Bonchev–Trinajstić information content (AvgIpc) is 2.87. The van der Waals surface area contributed by atoms with E-state index in [0.717, 1.165) is 24.2 Å². The second-order valence-corrected chi connectivity index (χ2v) is 7.83. The van der Waals surface area contributed by atoms with Gasteiger partial charge in [-0.25, -0.2) is 10.4 Å². The average molecular weight is 455 g/mol. The number of benzene rings is 3. The highest BCUT2D eigenvalue weighted by Gasteiger charge is 2.07. The molecule has 0 bridgehead atoms. The lowest BCUT2D eigenvalue weighted by atomic mass is 10.1. The van der Waals surface area contributed by atoms with Crippen molar-refractivity contribution in [2.24, 2.45) is 5.10 Å². The number of fused-ring (bicyclic) bond motifs is 1. The van der Waals surface area contributed by atoms with Gasteiger partial charge in [-0.3, -0.25) is 9.59 Å². The summed E-state index contributed by atoms with van der Waals surface area (Å²) in [6.45, 7) is 0.646. The number of nitrogens with zero attached hydrogens (tertiary/aromatic N) is 2. The molecule has 4 aromatic rings. The Kier molecular flexibility index (Phi) is 7.79. The van der Waals surface area contributed by atoms with Crippen LogP contribution in [-0.4, -0.2) is 28.7 Å². The van der Waals surface area contributed by atoms with Crippen LogP contribution in [0.5, 0.6) is 5.75 Å². The second kappa shape index (κ2) is 11.6. The van der Waals surface area contributed by atoms with Gasteiger partial charge in [0.15, 0.2) is 0 Å². The van der Waals surface area contributed by atoms with Gasteiger partial charge in [-0.15, -0.1) is 0 Å². The number of H-pyrrole nitrogens is 1. The third-order valence-corrected chi connectivity index (χ3v) is 5.26. The van der Waals surface area contributed by atoms with Crippen molar-refractivity contribution in [3.05, 3.63) is 106 Å². The topological polar surface area (TPSA) is 96.4 Å². The van der Waals surface area contributed by atoms with Crippen LogP contribution in [0.1, 0.15) is 29.7 Å². The van der Waals surface area contributed by atoms with E-state index in [4.69, 9.17) is 4.74 Å². The van der Waals surface area contributed by atoms with Gasteiger partial charge in [-0.1, -0.05) is 42.5 Å². The first-order chi connectivity index (χ1) is 16.7. The minimum atomic E-state index is -0.288. The Hall–Kier alpha value is -4.26. The van der Waals surface area contributed by atoms with Crippen LogP contribution in [0.15, 0.2) is 88.8 Å². The van der Waals surface area contributed by atoms with Crippen LogP contribution in [0.2, 0.25) is 0 Å². The summed E-state index contributed by atoms with van der Waals surface area (Å²) >= 11 is 0. The zero-order valence-corrected chi connectivity index (χ0v) is 18.7. The minimum Gasteiger partial charge on any atom is -0.494 e. The molecule has 7 heteroatoms. The molecule has 0 atom stereocenters. The number of para-hydroxylation sites is 2. The fourth-order valence-corrected chi connectivity index (χ4v) is 3.46. The molecule has 34 heavy (non-hydrogen) atoms. The van der Waals surface area contributed by atoms with Gasteiger partial charge in [-0.05, 0) is 60.4 Å². The Morgan fingerprint density at radius 3 is 2.56 bits per heavy atom. The standard InChI is InChI=1S/C27H26N4O3/c32-26(17-16-25-27(33)30-24-11-5-4-10-23(24)29-25)31-28-19-21-12-14-22(15-13-21)34-18-6-9-20-7-2-1-3-8-20/h1-5,7-8,10-15,19H,6,9,16-18H2,(H,30,33)(H,31,32)/b28-19-. The maximum atomic E-state index is 12.1. The predicted molar refractivity (Wildman–Crippen MR) is 133 cm³/mol. The summed E-state index contributed by atoms with van der Waals surface area (Å²) in [5.41, 5.74) is 6.05. The van der Waals surface area contributed by atoms with Crippen LogP contribution in [0, 0.1) is 0 Å². The highest BCUT2D eigenvalue weighted by atomic mass is 16.5. The first-order valence-electron chi connectivity index (χ1n) is 11.2. The highest BCUT2D eigenvalue weighted by Crippen LogP contribution is 2.12. The van der Waals surface area contributed by atoms with Gasteiger partial charge in [0.25, 0.3) is 5.56 Å². The molecule has 0 aliphatic heterocycles. The molecule has 7 nitrogen and oxygen atoms in total. The molecule has 1 amide bonds. The number of aryl methyl sites for hydroxylation is 2. The van der Waals surface area contributed by atoms with Crippen LogP contribution in [0.25, 0.3) is 11.0 Å². The fraction of sp³-hybridized carbons (Fsp3) is 0.185. The number of nitrogens with one attached hydrogen (secondary N) is 2. The van der Waals surface area contributed by atoms with E-state index >= 15 is 0 Å². The SMILES string of the molecule is O=C(CCc1nc2ccccc2[nH]c1=O)N/N=C\c1ccc(OCCCc2ccccc2)cc1. The third kappa shape index (κ3) is 6.62. The molecule has 0 saturated carbocycles. The molecule has 0 fully saturated rings. The Balaban J connectivity index is 1.19. The maximum Gasteiger partial charge on any atom is 0.270 e. The van der Waals surface area contributed by atoms with Crippen molar-refractivity contribution in [1.29, 1.82) is 0 Å². The largest absolute Gasteiger partial charge is 0.494 e. The number of carbonyl (C=O) groups is 1. The predicted octanol–water partition coefficient (Wildman–Crippen LogP) is 4.02. The van der Waals surface area contributed by atoms with Crippen LogP contribution in [0.3, 0.4) is 0 Å². The van der Waals surface area contributed by atoms with Crippen molar-refractivity contribution < 1.29 is 9.53 Å². The molecule has 0 spiro atoms. The summed E-state index contributed by atoms with van der Waals surface area (Å²) in [6, 6.07) is 25.1. The molecule has 0 aliphatic carbocycles. The zero-order valence-electron chi connectivity index (χ0n) is 18.7. The van der Waals surface area contributed by atoms with Crippen LogP contribution >= 0.6 is 0 Å². The number of hydrogen-bond donors (Lipinski definition) is 2. The molecule has 2 N–H and O–H groups in total. The molecule has 172 valence electrons. The molecule has 0 saturated heterocycles. The van der Waals surface area contributed by atoms with Gasteiger partial charge < -0.3 is 9.72 Å². The van der Waals surface area contributed by atoms with Gasteiger partial charge in [0.1, 0.15) is 11.4 Å². The summed E-state index contributed by atoms with van der Waals surface area (Å²) in [4.78, 5) is 31.4. The van der Waals surface area contributed by atoms with Gasteiger partial charge in [0.2, 0.25) is 5.91 Å². The minimum absolute atomic E-state index is 0.113. The molecular formula is C27H26N4O3. The lowest BCUT2D eigenvalue weighted by molar-refractivity contribution is -0.121. The lowest BCUT2D eigenvalue weighted by Crippen LogP contribution is -2.21. The molecule has 1 heterocycles. The molecule has 0 unspecified atom stereocenters. The summed E-state index contributed by atoms with van der Waals surface area (Å²) < 4.78 is 5.79. The van der Waals surface area contributed by atoms with E-state index in [0.29, 0.717) is 23.3 Å². The van der Waals surface area contributed by atoms with Gasteiger partial charge >= 0.3 is 0 Å². The first kappa shape index (κ1) is 22.9. The van der Waals surface area contributed by atoms with Gasteiger partial charge in [0, 0.05) is 12.8 Å². The lowest BCUT2D eigenvalue weighted by Gasteiger charge is -2.06.